The lowest BCUT2D eigenvalue weighted by molar-refractivity contribution is -0.151. The number of carbonyl (C=O) groups excluding carboxylic acids is 2. The summed E-state index contributed by atoms with van der Waals surface area (Å²) >= 11 is 0. The lowest BCUT2D eigenvalue weighted by atomic mass is 10.0. The lowest BCUT2D eigenvalue weighted by Gasteiger charge is -2.31. The van der Waals surface area contributed by atoms with Gasteiger partial charge in [-0.3, -0.25) is 9.79 Å². The molecule has 1 aliphatic rings. The van der Waals surface area contributed by atoms with Crippen molar-refractivity contribution in [2.45, 2.75) is 31.3 Å². The number of aliphatic imine (C=N–C) groups is 1. The smallest absolute Gasteiger partial charge is 0.328 e. The topological polar surface area (TPSA) is 59.0 Å². The monoisotopic (exact) mass is 300 g/mol. The summed E-state index contributed by atoms with van der Waals surface area (Å²) in [5.41, 5.74) is 1.00. The molecule has 0 bridgehead atoms. The first-order valence-corrected chi connectivity index (χ1v) is 7.23. The van der Waals surface area contributed by atoms with Gasteiger partial charge in [-0.25, -0.2) is 4.79 Å². The van der Waals surface area contributed by atoms with E-state index in [4.69, 9.17) is 4.74 Å². The predicted octanol–water partition coefficient (Wildman–Crippen LogP) is 1.98. The second-order valence-corrected chi connectivity index (χ2v) is 5.13. The molecule has 5 heteroatoms. The highest BCUT2D eigenvalue weighted by molar-refractivity contribution is 5.89. The van der Waals surface area contributed by atoms with Gasteiger partial charge in [-0.15, -0.1) is 0 Å². The Labute approximate surface area is 130 Å². The van der Waals surface area contributed by atoms with E-state index in [1.165, 1.54) is 12.0 Å². The van der Waals surface area contributed by atoms with Crippen molar-refractivity contribution in [3.8, 4) is 0 Å². The lowest BCUT2D eigenvalue weighted by Crippen LogP contribution is -2.47. The van der Waals surface area contributed by atoms with Crippen molar-refractivity contribution in [2.24, 2.45) is 4.99 Å². The van der Waals surface area contributed by atoms with Crippen molar-refractivity contribution in [3.05, 3.63) is 48.2 Å². The van der Waals surface area contributed by atoms with Crippen LogP contribution in [0.3, 0.4) is 0 Å². The molecule has 1 aromatic rings. The molecule has 1 amide bonds. The highest BCUT2D eigenvalue weighted by Gasteiger charge is 2.34. The number of hydrogen-bond acceptors (Lipinski definition) is 4. The van der Waals surface area contributed by atoms with Gasteiger partial charge in [0.2, 0.25) is 0 Å². The molecule has 1 heterocycles. The van der Waals surface area contributed by atoms with Gasteiger partial charge in [-0.2, -0.15) is 0 Å². The largest absolute Gasteiger partial charge is 0.467 e. The Balaban J connectivity index is 2.15. The Hall–Kier alpha value is -2.43. The first-order valence-electron chi connectivity index (χ1n) is 7.23. The zero-order chi connectivity index (χ0) is 15.9. The Morgan fingerprint density at radius 2 is 2.14 bits per heavy atom. The van der Waals surface area contributed by atoms with Crippen molar-refractivity contribution in [1.29, 1.82) is 0 Å². The second-order valence-electron chi connectivity index (χ2n) is 5.13. The molecule has 1 aromatic carbocycles. The molecular formula is C17H20N2O3. The molecule has 2 rings (SSSR count). The van der Waals surface area contributed by atoms with E-state index < -0.39 is 18.1 Å². The maximum Gasteiger partial charge on any atom is 0.328 e. The summed E-state index contributed by atoms with van der Waals surface area (Å²) in [5, 5.41) is 0. The highest BCUT2D eigenvalue weighted by atomic mass is 16.5. The molecule has 0 radical (unpaired) electrons. The van der Waals surface area contributed by atoms with Gasteiger partial charge < -0.3 is 9.64 Å². The third-order valence-corrected chi connectivity index (χ3v) is 3.71. The molecule has 0 saturated heterocycles. The number of allylic oxidation sites excluding steroid dienone is 1. The van der Waals surface area contributed by atoms with Crippen LogP contribution in [0.1, 0.15) is 18.4 Å². The number of ether oxygens (including phenoxy) is 1. The summed E-state index contributed by atoms with van der Waals surface area (Å²) in [6, 6.07) is 8.43. The summed E-state index contributed by atoms with van der Waals surface area (Å²) in [4.78, 5) is 29.9. The van der Waals surface area contributed by atoms with Gasteiger partial charge in [0, 0.05) is 12.6 Å². The fraction of sp³-hybridized carbons (Fsp3) is 0.353. The predicted molar refractivity (Wildman–Crippen MR) is 84.5 cm³/mol. The first-order chi connectivity index (χ1) is 10.7. The van der Waals surface area contributed by atoms with Crippen LogP contribution in [0.2, 0.25) is 0 Å². The number of esters is 1. The van der Waals surface area contributed by atoms with Gasteiger partial charge >= 0.3 is 5.97 Å². The molecule has 0 fully saturated rings. The highest BCUT2D eigenvalue weighted by Crippen LogP contribution is 2.19. The van der Waals surface area contributed by atoms with Gasteiger partial charge in [-0.05, 0) is 25.1 Å². The molecule has 116 valence electrons. The quantitative estimate of drug-likeness (QED) is 0.617. The normalized spacial score (nSPS) is 18.6. The van der Waals surface area contributed by atoms with E-state index >= 15 is 0 Å². The molecule has 0 saturated carbocycles. The van der Waals surface area contributed by atoms with Crippen molar-refractivity contribution < 1.29 is 14.3 Å². The molecule has 0 aromatic heterocycles. The van der Waals surface area contributed by atoms with Crippen LogP contribution in [0.25, 0.3) is 0 Å². The molecule has 0 spiro atoms. The van der Waals surface area contributed by atoms with Crippen LogP contribution in [0.15, 0.2) is 47.6 Å². The van der Waals surface area contributed by atoms with Gasteiger partial charge in [0.25, 0.3) is 5.91 Å². The molecule has 2 unspecified atom stereocenters. The summed E-state index contributed by atoms with van der Waals surface area (Å²) in [5.74, 6) is -0.634. The molecule has 2 atom stereocenters. The summed E-state index contributed by atoms with van der Waals surface area (Å²) < 4.78 is 4.79. The van der Waals surface area contributed by atoms with Gasteiger partial charge in [0.1, 0.15) is 12.1 Å². The minimum Gasteiger partial charge on any atom is -0.467 e. The number of methoxy groups -OCH3 is 1. The number of nitrogens with zero attached hydrogens (tertiary/aromatic N) is 2. The summed E-state index contributed by atoms with van der Waals surface area (Å²) in [6.07, 6.45) is 5.29. The van der Waals surface area contributed by atoms with E-state index in [0.29, 0.717) is 12.8 Å². The zero-order valence-corrected chi connectivity index (χ0v) is 12.6. The standard InChI is InChI=1S/C17H20N2O3/c1-18-14(12-13-8-4-3-5-9-13)16(20)19-11-7-6-10-15(19)17(21)22-2/h3-5,7-9,11,14-15H,1,6,10,12H2,2H3. The molecular weight excluding hydrogens is 280 g/mol. The number of benzene rings is 1. The van der Waals surface area contributed by atoms with E-state index in [1.807, 2.05) is 36.4 Å². The van der Waals surface area contributed by atoms with Crippen LogP contribution in [-0.2, 0) is 20.7 Å². The van der Waals surface area contributed by atoms with Crippen LogP contribution in [0, 0.1) is 0 Å². The maximum absolute atomic E-state index is 12.7. The van der Waals surface area contributed by atoms with Crippen LogP contribution < -0.4 is 0 Å². The molecule has 0 aliphatic carbocycles. The molecule has 1 aliphatic heterocycles. The van der Waals surface area contributed by atoms with Gasteiger partial charge in [0.15, 0.2) is 0 Å². The van der Waals surface area contributed by atoms with Crippen LogP contribution in [0.5, 0.6) is 0 Å². The van der Waals surface area contributed by atoms with Crippen molar-refractivity contribution in [3.63, 3.8) is 0 Å². The number of amides is 1. The Bertz CT molecular complexity index is 569. The minimum atomic E-state index is -0.614. The van der Waals surface area contributed by atoms with Crippen LogP contribution >= 0.6 is 0 Å². The third-order valence-electron chi connectivity index (χ3n) is 3.71. The third kappa shape index (κ3) is 3.61. The van der Waals surface area contributed by atoms with E-state index in [9.17, 15) is 9.59 Å². The molecule has 5 nitrogen and oxygen atoms in total. The Kier molecular flexibility index (Phi) is 5.47. The van der Waals surface area contributed by atoms with E-state index in [1.54, 1.807) is 6.20 Å². The van der Waals surface area contributed by atoms with Crippen LogP contribution in [0.4, 0.5) is 0 Å². The summed E-state index contributed by atoms with van der Waals surface area (Å²) in [6.45, 7) is 3.53. The molecule has 22 heavy (non-hydrogen) atoms. The van der Waals surface area contributed by atoms with E-state index in [2.05, 4.69) is 11.7 Å². The SMILES string of the molecule is C=NC(Cc1ccccc1)C(=O)N1C=CCCC1C(=O)OC. The Morgan fingerprint density at radius 3 is 2.77 bits per heavy atom. The van der Waals surface area contributed by atoms with Gasteiger partial charge in [-0.1, -0.05) is 36.4 Å². The first kappa shape index (κ1) is 15.9. The average molecular weight is 300 g/mol. The number of hydrogen-bond donors (Lipinski definition) is 0. The van der Waals surface area contributed by atoms with Crippen molar-refractivity contribution in [2.75, 3.05) is 7.11 Å². The second kappa shape index (κ2) is 7.54. The van der Waals surface area contributed by atoms with Crippen molar-refractivity contribution >= 4 is 18.6 Å². The average Bonchev–Trinajstić information content (AvgIpc) is 2.59. The summed E-state index contributed by atoms with van der Waals surface area (Å²) in [7, 11) is 1.33. The fourth-order valence-electron chi connectivity index (χ4n) is 2.52. The zero-order valence-electron chi connectivity index (χ0n) is 12.6. The number of rotatable bonds is 5. The van der Waals surface area contributed by atoms with Gasteiger partial charge in [0.05, 0.1) is 7.11 Å². The van der Waals surface area contributed by atoms with Crippen LogP contribution in [-0.4, -0.2) is 42.7 Å². The van der Waals surface area contributed by atoms with Crippen molar-refractivity contribution in [1.82, 2.24) is 4.90 Å². The minimum absolute atomic E-state index is 0.231. The Morgan fingerprint density at radius 1 is 1.41 bits per heavy atom. The molecule has 0 N–H and O–H groups in total. The maximum atomic E-state index is 12.7. The number of carbonyl (C=O) groups is 2. The van der Waals surface area contributed by atoms with E-state index in [-0.39, 0.29) is 5.91 Å². The van der Waals surface area contributed by atoms with E-state index in [0.717, 1.165) is 12.0 Å². The fourth-order valence-corrected chi connectivity index (χ4v) is 2.52.